The van der Waals surface area contributed by atoms with Gasteiger partial charge in [0.15, 0.2) is 0 Å². The lowest BCUT2D eigenvalue weighted by molar-refractivity contribution is -0.0588. The molecule has 1 fully saturated rings. The molecule has 1 aliphatic rings. The highest BCUT2D eigenvalue weighted by Gasteiger charge is 2.31. The summed E-state index contributed by atoms with van der Waals surface area (Å²) in [5.41, 5.74) is -1.49. The van der Waals surface area contributed by atoms with Gasteiger partial charge in [0.05, 0.1) is 16.1 Å². The highest BCUT2D eigenvalue weighted by atomic mass is 32.2. The van der Waals surface area contributed by atoms with Crippen LogP contribution in [-0.2, 0) is 14.8 Å². The molecule has 0 spiro atoms. The number of aliphatic hydroxyl groups is 1. The van der Waals surface area contributed by atoms with Crippen molar-refractivity contribution in [1.29, 1.82) is 5.26 Å². The molecule has 0 bridgehead atoms. The first-order valence-corrected chi connectivity index (χ1v) is 7.84. The Morgan fingerprint density at radius 1 is 1.43 bits per heavy atom. The smallest absolute Gasteiger partial charge is 0.240 e. The van der Waals surface area contributed by atoms with Gasteiger partial charge in [-0.2, -0.15) is 5.26 Å². The van der Waals surface area contributed by atoms with Crippen LogP contribution in [0.2, 0.25) is 0 Å². The minimum absolute atomic E-state index is 0.155. The summed E-state index contributed by atoms with van der Waals surface area (Å²) in [4.78, 5) is -0.212. The quantitative estimate of drug-likeness (QED) is 0.844. The molecule has 2 N–H and O–H groups in total. The van der Waals surface area contributed by atoms with E-state index in [1.165, 1.54) is 0 Å². The van der Waals surface area contributed by atoms with Crippen molar-refractivity contribution in [3.05, 3.63) is 29.6 Å². The number of nitrogens with one attached hydrogen (secondary N) is 1. The standard InChI is InChI=1S/C13H15FN2O4S/c14-12-2-1-11(7-10(12)8-15)21(18,19)16-9-13(17)3-5-20-6-4-13/h1-2,7,16-17H,3-6,9H2. The molecule has 0 saturated carbocycles. The number of nitriles is 1. The van der Waals surface area contributed by atoms with E-state index in [0.717, 1.165) is 18.2 Å². The number of hydrogen-bond acceptors (Lipinski definition) is 5. The summed E-state index contributed by atoms with van der Waals surface area (Å²) in [5.74, 6) is -0.778. The first-order chi connectivity index (χ1) is 9.86. The molecule has 6 nitrogen and oxygen atoms in total. The van der Waals surface area contributed by atoms with Crippen LogP contribution in [0, 0.1) is 17.1 Å². The van der Waals surface area contributed by atoms with Gasteiger partial charge in [0, 0.05) is 32.6 Å². The first-order valence-electron chi connectivity index (χ1n) is 6.36. The molecular weight excluding hydrogens is 299 g/mol. The van der Waals surface area contributed by atoms with E-state index in [0.29, 0.717) is 26.1 Å². The molecule has 0 aromatic heterocycles. The van der Waals surface area contributed by atoms with E-state index in [1.807, 2.05) is 0 Å². The maximum absolute atomic E-state index is 13.2. The Labute approximate surface area is 122 Å². The van der Waals surface area contributed by atoms with Gasteiger partial charge in [-0.05, 0) is 18.2 Å². The zero-order valence-electron chi connectivity index (χ0n) is 11.2. The fourth-order valence-corrected chi connectivity index (χ4v) is 3.14. The molecule has 21 heavy (non-hydrogen) atoms. The summed E-state index contributed by atoms with van der Waals surface area (Å²) in [6.07, 6.45) is 0.671. The average molecular weight is 314 g/mol. The second kappa shape index (κ2) is 6.07. The van der Waals surface area contributed by atoms with Crippen molar-refractivity contribution in [2.24, 2.45) is 0 Å². The molecule has 1 aromatic rings. The maximum atomic E-state index is 13.2. The summed E-state index contributed by atoms with van der Waals surface area (Å²) in [7, 11) is -3.92. The third-order valence-corrected chi connectivity index (χ3v) is 4.78. The van der Waals surface area contributed by atoms with Crippen molar-refractivity contribution in [3.63, 3.8) is 0 Å². The molecular formula is C13H15FN2O4S. The zero-order valence-corrected chi connectivity index (χ0v) is 12.0. The van der Waals surface area contributed by atoms with Crippen LogP contribution in [-0.4, -0.2) is 38.9 Å². The van der Waals surface area contributed by atoms with Gasteiger partial charge in [0.25, 0.3) is 0 Å². The van der Waals surface area contributed by atoms with Crippen molar-refractivity contribution in [2.45, 2.75) is 23.3 Å². The van der Waals surface area contributed by atoms with E-state index in [1.54, 1.807) is 6.07 Å². The van der Waals surface area contributed by atoms with Crippen LogP contribution in [0.5, 0.6) is 0 Å². The molecule has 0 aliphatic carbocycles. The second-order valence-corrected chi connectivity index (χ2v) is 6.68. The van der Waals surface area contributed by atoms with E-state index in [-0.39, 0.29) is 17.0 Å². The van der Waals surface area contributed by atoms with Crippen molar-refractivity contribution >= 4 is 10.0 Å². The Kier molecular flexibility index (Phi) is 4.58. The fourth-order valence-electron chi connectivity index (χ4n) is 2.00. The SMILES string of the molecule is N#Cc1cc(S(=O)(=O)NCC2(O)CCOCC2)ccc1F. The predicted octanol–water partition coefficient (Wildman–Crippen LogP) is 0.517. The molecule has 1 saturated heterocycles. The molecule has 0 unspecified atom stereocenters. The number of ether oxygens (including phenoxy) is 1. The molecule has 0 amide bonds. The maximum Gasteiger partial charge on any atom is 0.240 e. The van der Waals surface area contributed by atoms with Crippen LogP contribution in [0.4, 0.5) is 4.39 Å². The topological polar surface area (TPSA) is 99.4 Å². The van der Waals surface area contributed by atoms with Crippen molar-refractivity contribution in [3.8, 4) is 6.07 Å². The minimum Gasteiger partial charge on any atom is -0.388 e. The van der Waals surface area contributed by atoms with Crippen LogP contribution < -0.4 is 4.72 Å². The van der Waals surface area contributed by atoms with Gasteiger partial charge in [0.2, 0.25) is 10.0 Å². The Balaban J connectivity index is 2.13. The summed E-state index contributed by atoms with van der Waals surface area (Å²) in [6, 6.07) is 4.55. The number of halogens is 1. The molecule has 0 atom stereocenters. The van der Waals surface area contributed by atoms with Gasteiger partial charge in [-0.25, -0.2) is 17.5 Å². The number of nitrogens with zero attached hydrogens (tertiary/aromatic N) is 1. The zero-order chi connectivity index (χ0) is 15.5. The summed E-state index contributed by atoms with van der Waals surface area (Å²) < 4.78 is 44.8. The predicted molar refractivity (Wildman–Crippen MR) is 71.3 cm³/mol. The number of benzene rings is 1. The summed E-state index contributed by atoms with van der Waals surface area (Å²) in [6.45, 7) is 0.582. The monoisotopic (exact) mass is 314 g/mol. The van der Waals surface area contributed by atoms with Gasteiger partial charge in [-0.15, -0.1) is 0 Å². The third kappa shape index (κ3) is 3.77. The molecule has 1 aliphatic heterocycles. The highest BCUT2D eigenvalue weighted by Crippen LogP contribution is 2.21. The van der Waals surface area contributed by atoms with Gasteiger partial charge >= 0.3 is 0 Å². The molecule has 0 radical (unpaired) electrons. The third-order valence-electron chi connectivity index (χ3n) is 3.38. The first kappa shape index (κ1) is 15.9. The Hall–Kier alpha value is -1.53. The number of sulfonamides is 1. The molecule has 2 rings (SSSR count). The number of rotatable bonds is 4. The molecule has 8 heteroatoms. The molecule has 114 valence electrons. The average Bonchev–Trinajstić information content (AvgIpc) is 2.46. The highest BCUT2D eigenvalue weighted by molar-refractivity contribution is 7.89. The van der Waals surface area contributed by atoms with Crippen molar-refractivity contribution in [2.75, 3.05) is 19.8 Å². The van der Waals surface area contributed by atoms with Gasteiger partial charge in [0.1, 0.15) is 11.9 Å². The van der Waals surface area contributed by atoms with Crippen molar-refractivity contribution < 1.29 is 22.7 Å². The Bertz CT molecular complexity index is 663. The van der Waals surface area contributed by atoms with Crippen LogP contribution in [0.3, 0.4) is 0 Å². The lowest BCUT2D eigenvalue weighted by atomic mass is 9.95. The largest absolute Gasteiger partial charge is 0.388 e. The van der Waals surface area contributed by atoms with E-state index in [4.69, 9.17) is 10.00 Å². The van der Waals surface area contributed by atoms with Crippen LogP contribution in [0.1, 0.15) is 18.4 Å². The van der Waals surface area contributed by atoms with Gasteiger partial charge in [-0.3, -0.25) is 0 Å². The van der Waals surface area contributed by atoms with E-state index < -0.39 is 21.4 Å². The second-order valence-electron chi connectivity index (χ2n) is 4.91. The Morgan fingerprint density at radius 2 is 2.10 bits per heavy atom. The fraction of sp³-hybridized carbons (Fsp3) is 0.462. The van der Waals surface area contributed by atoms with E-state index in [2.05, 4.69) is 4.72 Å². The minimum atomic E-state index is -3.92. The van der Waals surface area contributed by atoms with Gasteiger partial charge in [-0.1, -0.05) is 0 Å². The number of hydrogen-bond donors (Lipinski definition) is 2. The van der Waals surface area contributed by atoms with E-state index >= 15 is 0 Å². The summed E-state index contributed by atoms with van der Waals surface area (Å²) >= 11 is 0. The summed E-state index contributed by atoms with van der Waals surface area (Å²) in [5, 5.41) is 18.9. The van der Waals surface area contributed by atoms with Crippen molar-refractivity contribution in [1.82, 2.24) is 4.72 Å². The lowest BCUT2D eigenvalue weighted by Gasteiger charge is -2.31. The lowest BCUT2D eigenvalue weighted by Crippen LogP contribution is -2.46. The normalized spacial score (nSPS) is 18.1. The van der Waals surface area contributed by atoms with Crippen LogP contribution in [0.15, 0.2) is 23.1 Å². The van der Waals surface area contributed by atoms with E-state index in [9.17, 15) is 17.9 Å². The Morgan fingerprint density at radius 3 is 2.71 bits per heavy atom. The van der Waals surface area contributed by atoms with Gasteiger partial charge < -0.3 is 9.84 Å². The molecule has 1 heterocycles. The molecule has 1 aromatic carbocycles. The van der Waals surface area contributed by atoms with Crippen LogP contribution >= 0.6 is 0 Å². The van der Waals surface area contributed by atoms with Crippen LogP contribution in [0.25, 0.3) is 0 Å².